The van der Waals surface area contributed by atoms with Gasteiger partial charge in [0.2, 0.25) is 0 Å². The first kappa shape index (κ1) is 31.5. The lowest BCUT2D eigenvalue weighted by atomic mass is 10.0. The Morgan fingerprint density at radius 1 is 0.700 bits per heavy atom. The van der Waals surface area contributed by atoms with E-state index in [4.69, 9.17) is 24.1 Å². The third kappa shape index (κ3) is 22.0. The third-order valence-electron chi connectivity index (χ3n) is 4.66. The molecule has 0 aliphatic heterocycles. The van der Waals surface area contributed by atoms with Crippen molar-refractivity contribution in [1.82, 2.24) is 5.32 Å². The lowest BCUT2D eigenvalue weighted by molar-refractivity contribution is -0.380. The monoisotopic (exact) mass is 433 g/mol. The Kier molecular flexibility index (Phi) is 22.6. The first-order chi connectivity index (χ1) is 14.3. The summed E-state index contributed by atoms with van der Waals surface area (Å²) in [4.78, 5) is 8.36. The second kappa shape index (κ2) is 21.5. The molecule has 6 nitrogen and oxygen atoms in total. The summed E-state index contributed by atoms with van der Waals surface area (Å²) in [5, 5.41) is 10.4. The molecule has 0 saturated carbocycles. The lowest BCUT2D eigenvalue weighted by Gasteiger charge is -2.32. The van der Waals surface area contributed by atoms with Crippen LogP contribution in [0.25, 0.3) is 0 Å². The Labute approximate surface area is 186 Å². The molecule has 0 aromatic rings. The van der Waals surface area contributed by atoms with Crippen molar-refractivity contribution >= 4 is 6.47 Å². The molecule has 0 amide bonds. The van der Waals surface area contributed by atoms with Gasteiger partial charge in [-0.2, -0.15) is 0 Å². The topological polar surface area (TPSA) is 77.0 Å². The number of carbonyl (C=O) groups is 1. The maximum Gasteiger partial charge on any atom is 0.290 e. The largest absolute Gasteiger partial charge is 0.483 e. The summed E-state index contributed by atoms with van der Waals surface area (Å²) in [7, 11) is 0. The van der Waals surface area contributed by atoms with Crippen molar-refractivity contribution in [2.24, 2.45) is 0 Å². The van der Waals surface area contributed by atoms with Gasteiger partial charge < -0.3 is 24.6 Å². The number of carboxylic acid groups (broad SMARTS) is 1. The minimum absolute atomic E-state index is 0.250. The first-order valence-corrected chi connectivity index (χ1v) is 12.1. The minimum Gasteiger partial charge on any atom is -0.483 e. The van der Waals surface area contributed by atoms with E-state index in [-0.39, 0.29) is 12.0 Å². The molecule has 0 fully saturated rings. The second-order valence-electron chi connectivity index (χ2n) is 8.55. The Balaban J connectivity index is 0. The van der Waals surface area contributed by atoms with Crippen LogP contribution in [0.2, 0.25) is 0 Å². The van der Waals surface area contributed by atoms with Gasteiger partial charge in [0, 0.05) is 31.8 Å². The van der Waals surface area contributed by atoms with Crippen molar-refractivity contribution in [1.29, 1.82) is 0 Å². The van der Waals surface area contributed by atoms with Gasteiger partial charge in [-0.3, -0.25) is 4.79 Å². The summed E-state index contributed by atoms with van der Waals surface area (Å²) in [6.07, 6.45) is 14.0. The predicted molar refractivity (Wildman–Crippen MR) is 125 cm³/mol. The second-order valence-corrected chi connectivity index (χ2v) is 8.55. The third-order valence-corrected chi connectivity index (χ3v) is 4.66. The molecule has 0 aromatic heterocycles. The molecule has 0 saturated heterocycles. The van der Waals surface area contributed by atoms with Gasteiger partial charge in [-0.1, -0.05) is 51.4 Å². The quantitative estimate of drug-likeness (QED) is 0.145. The zero-order valence-electron chi connectivity index (χ0n) is 20.8. The molecular formula is C24H51NO5. The van der Waals surface area contributed by atoms with E-state index in [1.54, 1.807) is 0 Å². The SMILES string of the molecule is CCOC(CCCCCCCCCCCCNC(C)(C)C)(OCC)OCC.O=CO. The fraction of sp³-hybridized carbons (Fsp3) is 0.958. The summed E-state index contributed by atoms with van der Waals surface area (Å²) in [6.45, 7) is 15.4. The lowest BCUT2D eigenvalue weighted by Crippen LogP contribution is -2.39. The highest BCUT2D eigenvalue weighted by Crippen LogP contribution is 2.24. The van der Waals surface area contributed by atoms with E-state index in [0.29, 0.717) is 19.8 Å². The summed E-state index contributed by atoms with van der Waals surface area (Å²) >= 11 is 0. The first-order valence-electron chi connectivity index (χ1n) is 12.1. The Bertz CT molecular complexity index is 341. The van der Waals surface area contributed by atoms with E-state index in [1.165, 1.54) is 57.8 Å². The van der Waals surface area contributed by atoms with Gasteiger partial charge in [0.25, 0.3) is 12.4 Å². The number of rotatable bonds is 19. The van der Waals surface area contributed by atoms with Gasteiger partial charge in [-0.05, 0) is 60.9 Å². The van der Waals surface area contributed by atoms with Crippen LogP contribution in [0.4, 0.5) is 0 Å². The number of hydrogen-bond acceptors (Lipinski definition) is 5. The summed E-state index contributed by atoms with van der Waals surface area (Å²) in [5.41, 5.74) is 0.258. The summed E-state index contributed by atoms with van der Waals surface area (Å²) in [6, 6.07) is 0. The maximum atomic E-state index is 8.36. The van der Waals surface area contributed by atoms with Crippen molar-refractivity contribution in [3.05, 3.63) is 0 Å². The van der Waals surface area contributed by atoms with Crippen LogP contribution in [0.5, 0.6) is 0 Å². The molecule has 30 heavy (non-hydrogen) atoms. The molecule has 0 rings (SSSR count). The molecule has 6 heteroatoms. The van der Waals surface area contributed by atoms with Crippen LogP contribution in [0.1, 0.15) is 112 Å². The van der Waals surface area contributed by atoms with Crippen molar-refractivity contribution < 1.29 is 24.1 Å². The van der Waals surface area contributed by atoms with E-state index in [1.807, 2.05) is 20.8 Å². The number of nitrogens with one attached hydrogen (secondary N) is 1. The Morgan fingerprint density at radius 2 is 1.03 bits per heavy atom. The molecule has 0 heterocycles. The molecule has 2 N–H and O–H groups in total. The fourth-order valence-corrected chi connectivity index (χ4v) is 3.35. The van der Waals surface area contributed by atoms with Crippen molar-refractivity contribution in [2.75, 3.05) is 26.4 Å². The van der Waals surface area contributed by atoms with E-state index in [0.717, 1.165) is 19.4 Å². The van der Waals surface area contributed by atoms with Gasteiger partial charge >= 0.3 is 0 Å². The molecule has 0 aliphatic rings. The molecule has 0 radical (unpaired) electrons. The van der Waals surface area contributed by atoms with Crippen LogP contribution in [-0.4, -0.2) is 49.5 Å². The maximum absolute atomic E-state index is 8.36. The van der Waals surface area contributed by atoms with Crippen LogP contribution in [0.3, 0.4) is 0 Å². The standard InChI is InChI=1S/C23H49NO3.CH2O2/c1-7-25-23(26-8-2,27-9-3)20-18-16-14-12-10-11-13-15-17-19-21-24-22(4,5)6;2-1-3/h24H,7-21H2,1-6H3;1H,(H,2,3). The van der Waals surface area contributed by atoms with Gasteiger partial charge in [0.15, 0.2) is 0 Å². The Hall–Kier alpha value is -0.690. The van der Waals surface area contributed by atoms with Crippen LogP contribution in [0.15, 0.2) is 0 Å². The van der Waals surface area contributed by atoms with Gasteiger partial charge in [-0.25, -0.2) is 0 Å². The number of ether oxygens (including phenoxy) is 3. The van der Waals surface area contributed by atoms with Gasteiger partial charge in [0.05, 0.1) is 0 Å². The average molecular weight is 434 g/mol. The van der Waals surface area contributed by atoms with E-state index in [9.17, 15) is 0 Å². The van der Waals surface area contributed by atoms with Crippen molar-refractivity contribution in [2.45, 2.75) is 124 Å². The van der Waals surface area contributed by atoms with Crippen molar-refractivity contribution in [3.63, 3.8) is 0 Å². The molecule has 0 aromatic carbocycles. The Morgan fingerprint density at radius 3 is 1.37 bits per heavy atom. The predicted octanol–water partition coefficient (Wildman–Crippen LogP) is 6.13. The highest BCUT2D eigenvalue weighted by atomic mass is 16.9. The molecule has 0 unspecified atom stereocenters. The smallest absolute Gasteiger partial charge is 0.290 e. The zero-order chi connectivity index (χ0) is 23.1. The molecule has 0 bridgehead atoms. The highest BCUT2D eigenvalue weighted by molar-refractivity contribution is 5.32. The number of unbranched alkanes of at least 4 members (excludes halogenated alkanes) is 9. The molecule has 0 aliphatic carbocycles. The summed E-state index contributed by atoms with van der Waals surface area (Å²) in [5.74, 6) is -0.819. The van der Waals surface area contributed by atoms with E-state index in [2.05, 4.69) is 26.1 Å². The average Bonchev–Trinajstić information content (AvgIpc) is 2.66. The normalized spacial score (nSPS) is 11.8. The van der Waals surface area contributed by atoms with Crippen molar-refractivity contribution in [3.8, 4) is 0 Å². The summed E-state index contributed by atoms with van der Waals surface area (Å²) < 4.78 is 17.3. The zero-order valence-corrected chi connectivity index (χ0v) is 20.8. The number of hydrogen-bond donors (Lipinski definition) is 2. The minimum atomic E-state index is -0.819. The van der Waals surface area contributed by atoms with Crippen LogP contribution in [0, 0.1) is 0 Å². The van der Waals surface area contributed by atoms with Crippen LogP contribution in [-0.2, 0) is 19.0 Å². The van der Waals surface area contributed by atoms with Gasteiger partial charge in [-0.15, -0.1) is 0 Å². The van der Waals surface area contributed by atoms with E-state index >= 15 is 0 Å². The molecule has 0 spiro atoms. The van der Waals surface area contributed by atoms with Crippen LogP contribution < -0.4 is 5.32 Å². The molecule has 0 atom stereocenters. The fourth-order valence-electron chi connectivity index (χ4n) is 3.35. The molecular weight excluding hydrogens is 382 g/mol. The molecule has 182 valence electrons. The van der Waals surface area contributed by atoms with Gasteiger partial charge in [0.1, 0.15) is 0 Å². The van der Waals surface area contributed by atoms with E-state index < -0.39 is 5.97 Å². The van der Waals surface area contributed by atoms with Crippen LogP contribution >= 0.6 is 0 Å². The highest BCUT2D eigenvalue weighted by Gasteiger charge is 2.31.